The molecule has 0 saturated carbocycles. The Labute approximate surface area is 210 Å². The fourth-order valence-electron chi connectivity index (χ4n) is 4.30. The van der Waals surface area contributed by atoms with Crippen molar-refractivity contribution in [3.63, 3.8) is 0 Å². The summed E-state index contributed by atoms with van der Waals surface area (Å²) in [4.78, 5) is 43.2. The van der Waals surface area contributed by atoms with Crippen LogP contribution in [0, 0.1) is 0 Å². The summed E-state index contributed by atoms with van der Waals surface area (Å²) in [7, 11) is 5.10. The van der Waals surface area contributed by atoms with Crippen LogP contribution < -0.4 is 20.3 Å². The lowest BCUT2D eigenvalue weighted by Crippen LogP contribution is -2.35. The topological polar surface area (TPSA) is 91.0 Å². The standard InChI is InChI=1S/C28H30N4O4/c1-29-14-15-31(2)27(34)21-12-13-24-23(17-21)30-26(33)18-25(19-8-5-4-6-9-19)32(24)28(35)20-10-7-11-22(16-20)36-3/h4-13,16-17,25,29H,14-15,18H2,1-3H3,(H,30,33). The van der Waals surface area contributed by atoms with Crippen LogP contribution in [-0.2, 0) is 4.79 Å². The molecule has 3 aromatic rings. The SMILES string of the molecule is CNCCN(C)C(=O)c1ccc2c(c1)NC(=O)CC(c1ccccc1)N2C(=O)c1cccc(OC)c1. The van der Waals surface area contributed by atoms with Crippen LogP contribution >= 0.6 is 0 Å². The Bertz CT molecular complexity index is 1260. The van der Waals surface area contributed by atoms with Gasteiger partial charge in [-0.05, 0) is 49.0 Å². The van der Waals surface area contributed by atoms with Crippen molar-refractivity contribution >= 4 is 29.1 Å². The smallest absolute Gasteiger partial charge is 0.259 e. The molecule has 186 valence electrons. The molecule has 0 saturated heterocycles. The molecule has 0 bridgehead atoms. The molecule has 3 amide bonds. The highest BCUT2D eigenvalue weighted by atomic mass is 16.5. The van der Waals surface area contributed by atoms with Gasteiger partial charge in [0, 0.05) is 31.3 Å². The Morgan fingerprint density at radius 3 is 2.56 bits per heavy atom. The molecule has 0 radical (unpaired) electrons. The molecule has 0 fully saturated rings. The minimum atomic E-state index is -0.536. The largest absolute Gasteiger partial charge is 0.497 e. The van der Waals surface area contributed by atoms with Gasteiger partial charge in [0.2, 0.25) is 5.91 Å². The summed E-state index contributed by atoms with van der Waals surface area (Å²) >= 11 is 0. The fraction of sp³-hybridized carbons (Fsp3) is 0.250. The molecule has 8 nitrogen and oxygen atoms in total. The number of anilines is 2. The van der Waals surface area contributed by atoms with Gasteiger partial charge in [-0.15, -0.1) is 0 Å². The number of fused-ring (bicyclic) bond motifs is 1. The number of nitrogens with zero attached hydrogens (tertiary/aromatic N) is 2. The summed E-state index contributed by atoms with van der Waals surface area (Å²) in [6, 6.07) is 20.9. The van der Waals surface area contributed by atoms with Crippen LogP contribution in [0.3, 0.4) is 0 Å². The van der Waals surface area contributed by atoms with Gasteiger partial charge in [0.1, 0.15) is 5.75 Å². The lowest BCUT2D eigenvalue weighted by atomic mass is 9.99. The number of carbonyl (C=O) groups is 3. The molecule has 1 atom stereocenters. The zero-order valence-electron chi connectivity index (χ0n) is 20.7. The van der Waals surface area contributed by atoms with Crippen molar-refractivity contribution in [1.82, 2.24) is 10.2 Å². The molecular weight excluding hydrogens is 456 g/mol. The van der Waals surface area contributed by atoms with E-state index in [0.29, 0.717) is 41.3 Å². The lowest BCUT2D eigenvalue weighted by molar-refractivity contribution is -0.116. The highest BCUT2D eigenvalue weighted by Crippen LogP contribution is 2.40. The number of rotatable bonds is 7. The van der Waals surface area contributed by atoms with E-state index in [4.69, 9.17) is 4.74 Å². The van der Waals surface area contributed by atoms with Gasteiger partial charge in [0.05, 0.1) is 30.9 Å². The second-order valence-corrected chi connectivity index (χ2v) is 8.65. The summed E-state index contributed by atoms with van der Waals surface area (Å²) in [6.45, 7) is 1.20. The number of likely N-dealkylation sites (N-methyl/N-ethyl adjacent to an activating group) is 2. The van der Waals surface area contributed by atoms with Crippen LogP contribution in [0.5, 0.6) is 5.75 Å². The van der Waals surface area contributed by atoms with Crippen LogP contribution in [0.4, 0.5) is 11.4 Å². The number of methoxy groups -OCH3 is 1. The van der Waals surface area contributed by atoms with Gasteiger partial charge in [-0.3, -0.25) is 19.3 Å². The predicted molar refractivity (Wildman–Crippen MR) is 140 cm³/mol. The third-order valence-electron chi connectivity index (χ3n) is 6.23. The van der Waals surface area contributed by atoms with Crippen LogP contribution in [0.2, 0.25) is 0 Å². The first kappa shape index (κ1) is 24.9. The molecule has 8 heteroatoms. The van der Waals surface area contributed by atoms with E-state index in [1.807, 2.05) is 37.4 Å². The first-order chi connectivity index (χ1) is 17.4. The van der Waals surface area contributed by atoms with Crippen molar-refractivity contribution in [3.05, 3.63) is 89.5 Å². The quantitative estimate of drug-likeness (QED) is 0.531. The molecule has 0 aromatic heterocycles. The molecule has 1 heterocycles. The van der Waals surface area contributed by atoms with E-state index in [1.54, 1.807) is 66.4 Å². The molecular formula is C28H30N4O4. The van der Waals surface area contributed by atoms with Gasteiger partial charge in [-0.2, -0.15) is 0 Å². The third kappa shape index (κ3) is 5.23. The second-order valence-electron chi connectivity index (χ2n) is 8.65. The maximum Gasteiger partial charge on any atom is 0.259 e. The number of ether oxygens (including phenoxy) is 1. The van der Waals surface area contributed by atoms with E-state index in [2.05, 4.69) is 10.6 Å². The minimum absolute atomic E-state index is 0.0692. The van der Waals surface area contributed by atoms with Crippen molar-refractivity contribution < 1.29 is 19.1 Å². The fourth-order valence-corrected chi connectivity index (χ4v) is 4.30. The first-order valence-corrected chi connectivity index (χ1v) is 11.8. The molecule has 0 spiro atoms. The van der Waals surface area contributed by atoms with Crippen LogP contribution in [0.25, 0.3) is 0 Å². The molecule has 1 aliphatic rings. The maximum atomic E-state index is 14.0. The number of hydrogen-bond acceptors (Lipinski definition) is 5. The number of amides is 3. The highest BCUT2D eigenvalue weighted by Gasteiger charge is 2.34. The van der Waals surface area contributed by atoms with Gasteiger partial charge in [-0.25, -0.2) is 0 Å². The van der Waals surface area contributed by atoms with Crippen LogP contribution in [0.15, 0.2) is 72.8 Å². The van der Waals surface area contributed by atoms with E-state index < -0.39 is 6.04 Å². The zero-order chi connectivity index (χ0) is 25.7. The van der Waals surface area contributed by atoms with E-state index in [1.165, 1.54) is 0 Å². The van der Waals surface area contributed by atoms with Crippen molar-refractivity contribution in [2.75, 3.05) is 44.5 Å². The average Bonchev–Trinajstić information content (AvgIpc) is 3.06. The Hall–Kier alpha value is -4.17. The molecule has 1 unspecified atom stereocenters. The normalized spacial score (nSPS) is 14.9. The summed E-state index contributed by atoms with van der Waals surface area (Å²) in [5.41, 5.74) is 2.64. The van der Waals surface area contributed by atoms with Crippen molar-refractivity contribution in [2.24, 2.45) is 0 Å². The van der Waals surface area contributed by atoms with Gasteiger partial charge < -0.3 is 20.3 Å². The third-order valence-corrected chi connectivity index (χ3v) is 6.23. The van der Waals surface area contributed by atoms with E-state index in [0.717, 1.165) is 5.56 Å². The number of carbonyl (C=O) groups excluding carboxylic acids is 3. The number of nitrogens with one attached hydrogen (secondary N) is 2. The first-order valence-electron chi connectivity index (χ1n) is 11.8. The Balaban J connectivity index is 1.81. The summed E-state index contributed by atoms with van der Waals surface area (Å²) in [5, 5.41) is 5.95. The van der Waals surface area contributed by atoms with Gasteiger partial charge >= 0.3 is 0 Å². The Kier molecular flexibility index (Phi) is 7.65. The van der Waals surface area contributed by atoms with Crippen LogP contribution in [-0.4, -0.2) is 56.9 Å². The lowest BCUT2D eigenvalue weighted by Gasteiger charge is -2.31. The minimum Gasteiger partial charge on any atom is -0.497 e. The average molecular weight is 487 g/mol. The molecule has 3 aromatic carbocycles. The Morgan fingerprint density at radius 1 is 1.06 bits per heavy atom. The molecule has 2 N–H and O–H groups in total. The predicted octanol–water partition coefficient (Wildman–Crippen LogP) is 3.72. The molecule has 4 rings (SSSR count). The highest BCUT2D eigenvalue weighted by molar-refractivity contribution is 6.12. The van der Waals surface area contributed by atoms with Crippen molar-refractivity contribution in [3.8, 4) is 5.75 Å². The van der Waals surface area contributed by atoms with Crippen molar-refractivity contribution in [2.45, 2.75) is 12.5 Å². The zero-order valence-corrected chi connectivity index (χ0v) is 20.7. The summed E-state index contributed by atoms with van der Waals surface area (Å²) in [6.07, 6.45) is 0.0692. The van der Waals surface area contributed by atoms with Gasteiger partial charge in [-0.1, -0.05) is 36.4 Å². The number of hydrogen-bond donors (Lipinski definition) is 2. The van der Waals surface area contributed by atoms with Gasteiger partial charge in [0.15, 0.2) is 0 Å². The van der Waals surface area contributed by atoms with Gasteiger partial charge in [0.25, 0.3) is 11.8 Å². The van der Waals surface area contributed by atoms with E-state index >= 15 is 0 Å². The summed E-state index contributed by atoms with van der Waals surface area (Å²) < 4.78 is 5.32. The Morgan fingerprint density at radius 2 is 1.83 bits per heavy atom. The summed E-state index contributed by atoms with van der Waals surface area (Å²) in [5.74, 6) is -0.117. The van der Waals surface area contributed by atoms with E-state index in [9.17, 15) is 14.4 Å². The molecule has 1 aliphatic heterocycles. The monoisotopic (exact) mass is 486 g/mol. The second kappa shape index (κ2) is 11.0. The van der Waals surface area contributed by atoms with E-state index in [-0.39, 0.29) is 24.1 Å². The maximum absolute atomic E-state index is 14.0. The van der Waals surface area contributed by atoms with Crippen LogP contribution in [0.1, 0.15) is 38.7 Å². The number of benzene rings is 3. The molecule has 0 aliphatic carbocycles. The molecule has 36 heavy (non-hydrogen) atoms. The van der Waals surface area contributed by atoms with Crippen molar-refractivity contribution in [1.29, 1.82) is 0 Å².